The fourth-order valence-electron chi connectivity index (χ4n) is 2.12. The van der Waals surface area contributed by atoms with E-state index in [0.717, 1.165) is 10.0 Å². The van der Waals surface area contributed by atoms with E-state index in [1.54, 1.807) is 18.9 Å². The third-order valence-electron chi connectivity index (χ3n) is 3.50. The van der Waals surface area contributed by atoms with Crippen molar-refractivity contribution in [2.24, 2.45) is 5.92 Å². The van der Waals surface area contributed by atoms with Crippen molar-refractivity contribution in [3.63, 3.8) is 0 Å². The normalized spacial score (nSPS) is 13.4. The SMILES string of the molecule is COC(=O)C(C)CN(C)C(=O)CC(C)c1ccc(Br)cc1. The number of ether oxygens (including phenoxy) is 1. The topological polar surface area (TPSA) is 46.6 Å². The molecule has 116 valence electrons. The lowest BCUT2D eigenvalue weighted by Gasteiger charge is -2.22. The zero-order valence-electron chi connectivity index (χ0n) is 12.9. The summed E-state index contributed by atoms with van der Waals surface area (Å²) in [5.74, 6) is -0.440. The Labute approximate surface area is 134 Å². The Balaban J connectivity index is 2.55. The van der Waals surface area contributed by atoms with Gasteiger partial charge in [0.15, 0.2) is 0 Å². The van der Waals surface area contributed by atoms with Crippen LogP contribution in [-0.4, -0.2) is 37.5 Å². The van der Waals surface area contributed by atoms with Crippen molar-refractivity contribution < 1.29 is 14.3 Å². The maximum absolute atomic E-state index is 12.2. The molecule has 0 spiro atoms. The van der Waals surface area contributed by atoms with E-state index in [2.05, 4.69) is 20.7 Å². The van der Waals surface area contributed by atoms with Crippen LogP contribution >= 0.6 is 15.9 Å². The number of benzene rings is 1. The van der Waals surface area contributed by atoms with Gasteiger partial charge in [0.2, 0.25) is 5.91 Å². The van der Waals surface area contributed by atoms with Gasteiger partial charge < -0.3 is 9.64 Å². The molecule has 1 amide bonds. The molecule has 0 radical (unpaired) electrons. The highest BCUT2D eigenvalue weighted by atomic mass is 79.9. The molecule has 0 saturated heterocycles. The van der Waals surface area contributed by atoms with Crippen LogP contribution in [0.5, 0.6) is 0 Å². The summed E-state index contributed by atoms with van der Waals surface area (Å²) >= 11 is 3.40. The predicted octanol–water partition coefficient (Wildman–Crippen LogP) is 3.21. The summed E-state index contributed by atoms with van der Waals surface area (Å²) in [6.45, 7) is 4.16. The van der Waals surface area contributed by atoms with Gasteiger partial charge in [-0.25, -0.2) is 0 Å². The van der Waals surface area contributed by atoms with Gasteiger partial charge >= 0.3 is 5.97 Å². The van der Waals surface area contributed by atoms with E-state index in [4.69, 9.17) is 0 Å². The average molecular weight is 356 g/mol. The van der Waals surface area contributed by atoms with Crippen molar-refractivity contribution in [1.29, 1.82) is 0 Å². The van der Waals surface area contributed by atoms with Crippen LogP contribution in [0.2, 0.25) is 0 Å². The van der Waals surface area contributed by atoms with E-state index in [1.807, 2.05) is 31.2 Å². The quantitative estimate of drug-likeness (QED) is 0.736. The van der Waals surface area contributed by atoms with Crippen molar-refractivity contribution in [2.45, 2.75) is 26.2 Å². The van der Waals surface area contributed by atoms with E-state index in [9.17, 15) is 9.59 Å². The van der Waals surface area contributed by atoms with Gasteiger partial charge in [-0.1, -0.05) is 41.9 Å². The second-order valence-corrected chi connectivity index (χ2v) is 6.27. The fraction of sp³-hybridized carbons (Fsp3) is 0.500. The first-order chi connectivity index (χ1) is 9.85. The second kappa shape index (κ2) is 8.17. The number of hydrogen-bond donors (Lipinski definition) is 0. The number of esters is 1. The molecule has 1 aromatic carbocycles. The van der Waals surface area contributed by atoms with Crippen molar-refractivity contribution >= 4 is 27.8 Å². The summed E-state index contributed by atoms with van der Waals surface area (Å²) in [7, 11) is 3.08. The summed E-state index contributed by atoms with van der Waals surface area (Å²) in [6, 6.07) is 7.97. The number of carbonyl (C=O) groups excluding carboxylic acids is 2. The minimum Gasteiger partial charge on any atom is -0.469 e. The molecule has 0 aliphatic heterocycles. The number of methoxy groups -OCH3 is 1. The molecule has 4 nitrogen and oxygen atoms in total. The van der Waals surface area contributed by atoms with Crippen LogP contribution in [0.25, 0.3) is 0 Å². The lowest BCUT2D eigenvalue weighted by molar-refractivity contribution is -0.146. The summed E-state index contributed by atoms with van der Waals surface area (Å²) < 4.78 is 5.69. The minimum atomic E-state index is -0.313. The van der Waals surface area contributed by atoms with Gasteiger partial charge in [0, 0.05) is 24.5 Å². The van der Waals surface area contributed by atoms with Crippen molar-refractivity contribution in [3.05, 3.63) is 34.3 Å². The Morgan fingerprint density at radius 1 is 1.24 bits per heavy atom. The number of halogens is 1. The van der Waals surface area contributed by atoms with Crippen molar-refractivity contribution in [3.8, 4) is 0 Å². The third kappa shape index (κ3) is 5.50. The first-order valence-electron chi connectivity index (χ1n) is 6.92. The molecule has 2 atom stereocenters. The lowest BCUT2D eigenvalue weighted by Crippen LogP contribution is -2.34. The molecule has 0 N–H and O–H groups in total. The summed E-state index contributed by atoms with van der Waals surface area (Å²) in [5.41, 5.74) is 1.13. The number of hydrogen-bond acceptors (Lipinski definition) is 3. The molecule has 21 heavy (non-hydrogen) atoms. The van der Waals surface area contributed by atoms with E-state index < -0.39 is 0 Å². The predicted molar refractivity (Wildman–Crippen MR) is 86.0 cm³/mol. The Morgan fingerprint density at radius 3 is 2.33 bits per heavy atom. The van der Waals surface area contributed by atoms with Crippen LogP contribution in [0, 0.1) is 5.92 Å². The maximum atomic E-state index is 12.2. The Morgan fingerprint density at radius 2 is 1.81 bits per heavy atom. The zero-order chi connectivity index (χ0) is 16.0. The monoisotopic (exact) mass is 355 g/mol. The van der Waals surface area contributed by atoms with Gasteiger partial charge in [-0.2, -0.15) is 0 Å². The van der Waals surface area contributed by atoms with Gasteiger partial charge in [-0.15, -0.1) is 0 Å². The van der Waals surface area contributed by atoms with Gasteiger partial charge in [-0.3, -0.25) is 9.59 Å². The molecule has 2 unspecified atom stereocenters. The molecule has 0 bridgehead atoms. The average Bonchev–Trinajstić information content (AvgIpc) is 2.46. The Hall–Kier alpha value is -1.36. The van der Waals surface area contributed by atoms with Crippen LogP contribution in [0.1, 0.15) is 31.7 Å². The van der Waals surface area contributed by atoms with Crippen LogP contribution in [0.15, 0.2) is 28.7 Å². The highest BCUT2D eigenvalue weighted by Gasteiger charge is 2.20. The minimum absolute atomic E-state index is 0.0289. The molecule has 0 fully saturated rings. The van der Waals surface area contributed by atoms with Gasteiger partial charge in [-0.05, 0) is 23.6 Å². The molecule has 0 heterocycles. The second-order valence-electron chi connectivity index (χ2n) is 5.36. The highest BCUT2D eigenvalue weighted by molar-refractivity contribution is 9.10. The highest BCUT2D eigenvalue weighted by Crippen LogP contribution is 2.22. The Kier molecular flexibility index (Phi) is 6.89. The lowest BCUT2D eigenvalue weighted by atomic mass is 9.97. The molecule has 5 heteroatoms. The van der Waals surface area contributed by atoms with Crippen LogP contribution in [0.4, 0.5) is 0 Å². The zero-order valence-corrected chi connectivity index (χ0v) is 14.5. The molecule has 1 rings (SSSR count). The third-order valence-corrected chi connectivity index (χ3v) is 4.03. The Bertz CT molecular complexity index is 487. The van der Waals surface area contributed by atoms with Gasteiger partial charge in [0.25, 0.3) is 0 Å². The van der Waals surface area contributed by atoms with Crippen LogP contribution in [-0.2, 0) is 14.3 Å². The fourth-order valence-corrected chi connectivity index (χ4v) is 2.38. The first kappa shape index (κ1) is 17.7. The van der Waals surface area contributed by atoms with Gasteiger partial charge in [0.1, 0.15) is 0 Å². The summed E-state index contributed by atoms with van der Waals surface area (Å²) in [5, 5.41) is 0. The summed E-state index contributed by atoms with van der Waals surface area (Å²) in [4.78, 5) is 25.2. The van der Waals surface area contributed by atoms with E-state index in [1.165, 1.54) is 7.11 Å². The van der Waals surface area contributed by atoms with E-state index >= 15 is 0 Å². The molecule has 0 saturated carbocycles. The van der Waals surface area contributed by atoms with E-state index in [-0.39, 0.29) is 23.7 Å². The largest absolute Gasteiger partial charge is 0.469 e. The van der Waals surface area contributed by atoms with Crippen LogP contribution < -0.4 is 0 Å². The molecule has 0 aliphatic carbocycles. The van der Waals surface area contributed by atoms with E-state index in [0.29, 0.717) is 13.0 Å². The molecule has 0 aromatic heterocycles. The van der Waals surface area contributed by atoms with Crippen LogP contribution in [0.3, 0.4) is 0 Å². The smallest absolute Gasteiger partial charge is 0.310 e. The standard InChI is InChI=1S/C16H22BrNO3/c1-11(13-5-7-14(17)8-6-13)9-15(19)18(3)10-12(2)16(20)21-4/h5-8,11-12H,9-10H2,1-4H3. The number of amides is 1. The van der Waals surface area contributed by atoms with Crippen molar-refractivity contribution in [1.82, 2.24) is 4.90 Å². The van der Waals surface area contributed by atoms with Gasteiger partial charge in [0.05, 0.1) is 13.0 Å². The van der Waals surface area contributed by atoms with Crippen molar-refractivity contribution in [2.75, 3.05) is 20.7 Å². The number of carbonyl (C=O) groups is 2. The number of rotatable bonds is 6. The maximum Gasteiger partial charge on any atom is 0.310 e. The molecular formula is C16H22BrNO3. The first-order valence-corrected chi connectivity index (χ1v) is 7.71. The molecule has 1 aromatic rings. The summed E-state index contributed by atoms with van der Waals surface area (Å²) in [6.07, 6.45) is 0.423. The molecular weight excluding hydrogens is 334 g/mol. The molecule has 0 aliphatic rings. The number of nitrogens with zero attached hydrogens (tertiary/aromatic N) is 1.